The van der Waals surface area contributed by atoms with Crippen molar-refractivity contribution < 1.29 is 14.3 Å². The molecule has 8 nitrogen and oxygen atoms in total. The van der Waals surface area contributed by atoms with Gasteiger partial charge in [-0.3, -0.25) is 9.59 Å². The number of carbonyl (C=O) groups excluding carboxylic acids is 2. The molecule has 2 aliphatic rings. The van der Waals surface area contributed by atoms with Crippen LogP contribution in [0, 0.1) is 5.92 Å². The highest BCUT2D eigenvalue weighted by molar-refractivity contribution is 5.93. The van der Waals surface area contributed by atoms with Gasteiger partial charge in [-0.2, -0.15) is 5.10 Å². The zero-order chi connectivity index (χ0) is 25.6. The van der Waals surface area contributed by atoms with Crippen LogP contribution in [-0.2, 0) is 14.3 Å². The largest absolute Gasteiger partial charge is 0.367 e. The van der Waals surface area contributed by atoms with E-state index in [1.54, 1.807) is 13.3 Å². The van der Waals surface area contributed by atoms with Gasteiger partial charge in [-0.15, -0.1) is 5.10 Å². The number of anilines is 2. The molecule has 0 saturated carbocycles. The van der Waals surface area contributed by atoms with Gasteiger partial charge in [-0.05, 0) is 60.6 Å². The van der Waals surface area contributed by atoms with Gasteiger partial charge < -0.3 is 19.9 Å². The highest BCUT2D eigenvalue weighted by Gasteiger charge is 2.31. The predicted octanol–water partition coefficient (Wildman–Crippen LogP) is 4.04. The highest BCUT2D eigenvalue weighted by atomic mass is 16.5. The van der Waals surface area contributed by atoms with Gasteiger partial charge in [-0.25, -0.2) is 0 Å². The van der Waals surface area contributed by atoms with E-state index >= 15 is 0 Å². The first kappa shape index (κ1) is 24.9. The Bertz CT molecular complexity index is 1180. The molecule has 0 spiro atoms. The fourth-order valence-corrected chi connectivity index (χ4v) is 5.33. The number of rotatable bonds is 7. The van der Waals surface area contributed by atoms with E-state index in [0.717, 1.165) is 42.9 Å². The van der Waals surface area contributed by atoms with E-state index in [1.807, 2.05) is 59.5 Å². The van der Waals surface area contributed by atoms with Crippen molar-refractivity contribution in [2.45, 2.75) is 31.3 Å². The number of hydrogen-bond donors (Lipinski definition) is 1. The first-order valence-electron chi connectivity index (χ1n) is 12.9. The first-order chi connectivity index (χ1) is 18.1. The third-order valence-electron chi connectivity index (χ3n) is 7.46. The number of likely N-dealkylation sites (tertiary alicyclic amines) is 1. The van der Waals surface area contributed by atoms with Crippen LogP contribution in [-0.4, -0.2) is 60.2 Å². The number of methoxy groups -OCH3 is 1. The molecule has 2 saturated heterocycles. The Labute approximate surface area is 217 Å². The van der Waals surface area contributed by atoms with Crippen molar-refractivity contribution in [3.05, 3.63) is 84.1 Å². The molecule has 1 aromatic heterocycles. The maximum atomic E-state index is 13.1. The zero-order valence-electron chi connectivity index (χ0n) is 21.1. The predicted molar refractivity (Wildman–Crippen MR) is 142 cm³/mol. The van der Waals surface area contributed by atoms with Crippen LogP contribution in [0.15, 0.2) is 72.9 Å². The minimum atomic E-state index is -0.562. The summed E-state index contributed by atoms with van der Waals surface area (Å²) in [5, 5.41) is 11.2. The molecular formula is C29H33N5O3. The third kappa shape index (κ3) is 5.80. The Morgan fingerprint density at radius 2 is 1.70 bits per heavy atom. The number of nitrogens with one attached hydrogen (secondary N) is 1. The lowest BCUT2D eigenvalue weighted by Crippen LogP contribution is -2.41. The molecule has 2 aliphatic heterocycles. The SMILES string of the molecule is CO[C@H](C(=O)N1CCC(c2ccc(NC(=O)C3CCN(c4cccnn4)C3)cc2)CC1)c1ccccc1. The van der Waals surface area contributed by atoms with Gasteiger partial charge in [0, 0.05) is 45.2 Å². The maximum Gasteiger partial charge on any atom is 0.256 e. The average Bonchev–Trinajstić information content (AvgIpc) is 3.46. The fourth-order valence-electron chi connectivity index (χ4n) is 5.33. The van der Waals surface area contributed by atoms with Crippen molar-refractivity contribution >= 4 is 23.3 Å². The fraction of sp³-hybridized carbons (Fsp3) is 0.379. The highest BCUT2D eigenvalue weighted by Crippen LogP contribution is 2.31. The normalized spacial score (nSPS) is 19.0. The van der Waals surface area contributed by atoms with E-state index in [9.17, 15) is 9.59 Å². The number of nitrogens with zero attached hydrogens (tertiary/aromatic N) is 4. The molecular weight excluding hydrogens is 466 g/mol. The van der Waals surface area contributed by atoms with Crippen molar-refractivity contribution in [1.82, 2.24) is 15.1 Å². The molecule has 3 aromatic rings. The second-order valence-corrected chi connectivity index (χ2v) is 9.75. The van der Waals surface area contributed by atoms with Crippen molar-refractivity contribution in [2.75, 3.05) is 43.5 Å². The summed E-state index contributed by atoms with van der Waals surface area (Å²) in [5.74, 6) is 1.19. The monoisotopic (exact) mass is 499 g/mol. The lowest BCUT2D eigenvalue weighted by Gasteiger charge is -2.34. The van der Waals surface area contributed by atoms with Gasteiger partial charge in [0.05, 0.1) is 5.92 Å². The van der Waals surface area contributed by atoms with Gasteiger partial charge in [0.2, 0.25) is 5.91 Å². The summed E-state index contributed by atoms with van der Waals surface area (Å²) < 4.78 is 5.54. The lowest BCUT2D eigenvalue weighted by atomic mass is 9.89. The summed E-state index contributed by atoms with van der Waals surface area (Å²) in [5.41, 5.74) is 2.94. The maximum absolute atomic E-state index is 13.1. The van der Waals surface area contributed by atoms with Crippen LogP contribution < -0.4 is 10.2 Å². The summed E-state index contributed by atoms with van der Waals surface area (Å²) in [6.45, 7) is 2.86. The van der Waals surface area contributed by atoms with Crippen LogP contribution in [0.4, 0.5) is 11.5 Å². The molecule has 0 radical (unpaired) electrons. The van der Waals surface area contributed by atoms with Crippen molar-refractivity contribution in [3.63, 3.8) is 0 Å². The summed E-state index contributed by atoms with van der Waals surface area (Å²) >= 11 is 0. The van der Waals surface area contributed by atoms with Crippen LogP contribution in [0.2, 0.25) is 0 Å². The molecule has 192 valence electrons. The molecule has 2 amide bonds. The van der Waals surface area contributed by atoms with Gasteiger partial charge >= 0.3 is 0 Å². The van der Waals surface area contributed by atoms with Crippen LogP contribution in [0.25, 0.3) is 0 Å². The lowest BCUT2D eigenvalue weighted by molar-refractivity contribution is -0.143. The van der Waals surface area contributed by atoms with E-state index < -0.39 is 6.10 Å². The minimum absolute atomic E-state index is 0.0231. The van der Waals surface area contributed by atoms with Gasteiger partial charge in [0.1, 0.15) is 0 Å². The van der Waals surface area contributed by atoms with Gasteiger partial charge in [-0.1, -0.05) is 42.5 Å². The summed E-state index contributed by atoms with van der Waals surface area (Å²) in [6.07, 6.45) is 3.70. The number of hydrogen-bond acceptors (Lipinski definition) is 6. The van der Waals surface area contributed by atoms with Crippen LogP contribution in [0.1, 0.15) is 42.4 Å². The molecule has 37 heavy (non-hydrogen) atoms. The summed E-state index contributed by atoms with van der Waals surface area (Å²) in [7, 11) is 1.59. The van der Waals surface area contributed by atoms with E-state index in [2.05, 4.69) is 32.5 Å². The molecule has 8 heteroatoms. The van der Waals surface area contributed by atoms with Crippen molar-refractivity contribution in [3.8, 4) is 0 Å². The average molecular weight is 500 g/mol. The number of amides is 2. The van der Waals surface area contributed by atoms with Gasteiger partial charge in [0.15, 0.2) is 11.9 Å². The molecule has 2 fully saturated rings. The zero-order valence-corrected chi connectivity index (χ0v) is 21.1. The second kappa shape index (κ2) is 11.5. The molecule has 3 heterocycles. The van der Waals surface area contributed by atoms with E-state index in [4.69, 9.17) is 4.74 Å². The number of piperidine rings is 1. The molecule has 2 aromatic carbocycles. The Kier molecular flexibility index (Phi) is 7.75. The van der Waals surface area contributed by atoms with Crippen molar-refractivity contribution in [1.29, 1.82) is 0 Å². The Morgan fingerprint density at radius 1 is 0.946 bits per heavy atom. The topological polar surface area (TPSA) is 87.7 Å². The number of benzene rings is 2. The minimum Gasteiger partial charge on any atom is -0.367 e. The van der Waals surface area contributed by atoms with E-state index in [-0.39, 0.29) is 17.7 Å². The number of aromatic nitrogens is 2. The standard InChI is InChI=1S/C29H33N5O3/c1-37-27(23-6-3-2-4-7-23)29(36)33-17-13-22(14-18-33)21-9-11-25(12-10-21)31-28(35)24-15-19-34(20-24)26-8-5-16-30-32-26/h2-12,16,22,24,27H,13-15,17-20H2,1H3,(H,31,35)/t24?,27-/m0/s1. The Morgan fingerprint density at radius 3 is 2.38 bits per heavy atom. The molecule has 0 bridgehead atoms. The molecule has 2 atom stereocenters. The summed E-state index contributed by atoms with van der Waals surface area (Å²) in [4.78, 5) is 29.9. The summed E-state index contributed by atoms with van der Waals surface area (Å²) in [6, 6.07) is 21.6. The first-order valence-corrected chi connectivity index (χ1v) is 12.9. The Balaban J connectivity index is 1.12. The second-order valence-electron chi connectivity index (χ2n) is 9.75. The quantitative estimate of drug-likeness (QED) is 0.528. The van der Waals surface area contributed by atoms with E-state index in [1.165, 1.54) is 5.56 Å². The third-order valence-corrected chi connectivity index (χ3v) is 7.46. The Hall–Kier alpha value is -3.78. The van der Waals surface area contributed by atoms with Crippen LogP contribution in [0.3, 0.4) is 0 Å². The van der Waals surface area contributed by atoms with E-state index in [0.29, 0.717) is 25.6 Å². The number of ether oxygens (including phenoxy) is 1. The molecule has 1 N–H and O–H groups in total. The smallest absolute Gasteiger partial charge is 0.256 e. The molecule has 1 unspecified atom stereocenters. The van der Waals surface area contributed by atoms with Crippen LogP contribution >= 0.6 is 0 Å². The van der Waals surface area contributed by atoms with Gasteiger partial charge in [0.25, 0.3) is 5.91 Å². The molecule has 0 aliphatic carbocycles. The number of carbonyl (C=O) groups is 2. The van der Waals surface area contributed by atoms with Crippen molar-refractivity contribution in [2.24, 2.45) is 5.92 Å². The molecule has 5 rings (SSSR count). The van der Waals surface area contributed by atoms with Crippen LogP contribution in [0.5, 0.6) is 0 Å².